The van der Waals surface area contributed by atoms with E-state index in [4.69, 9.17) is 32.7 Å². The second-order valence-electron chi connectivity index (χ2n) is 4.37. The number of ether oxygens (including phenoxy) is 2. The van der Waals surface area contributed by atoms with Crippen molar-refractivity contribution in [1.29, 1.82) is 0 Å². The van der Waals surface area contributed by atoms with Crippen molar-refractivity contribution in [1.82, 2.24) is 5.32 Å². The van der Waals surface area contributed by atoms with Crippen molar-refractivity contribution in [3.8, 4) is 11.5 Å². The number of hydrogen-bond acceptors (Lipinski definition) is 4. The minimum atomic E-state index is 0.453. The van der Waals surface area contributed by atoms with Gasteiger partial charge in [0, 0.05) is 28.1 Å². The number of rotatable bonds is 7. The van der Waals surface area contributed by atoms with Gasteiger partial charge in [0.1, 0.15) is 6.61 Å². The summed E-state index contributed by atoms with van der Waals surface area (Å²) >= 11 is 13.6. The first kappa shape index (κ1) is 16.4. The zero-order valence-corrected chi connectivity index (χ0v) is 14.2. The summed E-state index contributed by atoms with van der Waals surface area (Å²) in [5.41, 5.74) is 0.976. The molecule has 21 heavy (non-hydrogen) atoms. The summed E-state index contributed by atoms with van der Waals surface area (Å²) in [7, 11) is 1.61. The first-order chi connectivity index (χ1) is 10.1. The molecule has 0 bridgehead atoms. The molecule has 1 heterocycles. The lowest BCUT2D eigenvalue weighted by Gasteiger charge is -2.15. The molecule has 0 amide bonds. The van der Waals surface area contributed by atoms with Gasteiger partial charge in [0.15, 0.2) is 11.5 Å². The highest BCUT2D eigenvalue weighted by Crippen LogP contribution is 2.36. The molecule has 1 aromatic heterocycles. The highest BCUT2D eigenvalue weighted by molar-refractivity contribution is 7.16. The van der Waals surface area contributed by atoms with Gasteiger partial charge < -0.3 is 14.8 Å². The first-order valence-corrected chi connectivity index (χ1v) is 8.15. The predicted octanol–water partition coefficient (Wildman–Crippen LogP) is 4.75. The standard InChI is InChI=1S/C15H17Cl2NO2S/c1-3-18-8-10-6-11(16)7-13(19-2)15(10)20-9-12-4-5-14(17)21-12/h4-7,18H,3,8-9H2,1-2H3. The third-order valence-electron chi connectivity index (χ3n) is 2.87. The van der Waals surface area contributed by atoms with Crippen LogP contribution in [0.2, 0.25) is 9.36 Å². The van der Waals surface area contributed by atoms with Crippen LogP contribution in [0.5, 0.6) is 11.5 Å². The van der Waals surface area contributed by atoms with Crippen molar-refractivity contribution in [2.24, 2.45) is 0 Å². The van der Waals surface area contributed by atoms with E-state index in [9.17, 15) is 0 Å². The monoisotopic (exact) mass is 345 g/mol. The lowest BCUT2D eigenvalue weighted by atomic mass is 10.2. The Morgan fingerprint density at radius 1 is 1.24 bits per heavy atom. The molecule has 0 radical (unpaired) electrons. The zero-order valence-electron chi connectivity index (χ0n) is 11.9. The minimum Gasteiger partial charge on any atom is -0.493 e. The molecule has 0 saturated heterocycles. The molecule has 2 rings (SSSR count). The number of hydrogen-bond donors (Lipinski definition) is 1. The average Bonchev–Trinajstić information content (AvgIpc) is 2.88. The highest BCUT2D eigenvalue weighted by atomic mass is 35.5. The molecule has 0 aliphatic heterocycles. The van der Waals surface area contributed by atoms with Gasteiger partial charge in [-0.2, -0.15) is 0 Å². The Morgan fingerprint density at radius 2 is 2.05 bits per heavy atom. The fourth-order valence-corrected chi connectivity index (χ4v) is 3.13. The normalized spacial score (nSPS) is 10.7. The van der Waals surface area contributed by atoms with Gasteiger partial charge in [-0.1, -0.05) is 30.1 Å². The fraction of sp³-hybridized carbons (Fsp3) is 0.333. The van der Waals surface area contributed by atoms with Crippen molar-refractivity contribution in [3.63, 3.8) is 0 Å². The molecule has 2 aromatic rings. The molecule has 0 spiro atoms. The molecule has 1 N–H and O–H groups in total. The summed E-state index contributed by atoms with van der Waals surface area (Å²) in [4.78, 5) is 1.06. The third kappa shape index (κ3) is 4.51. The van der Waals surface area contributed by atoms with Crippen molar-refractivity contribution >= 4 is 34.5 Å². The van der Waals surface area contributed by atoms with Crippen molar-refractivity contribution in [2.75, 3.05) is 13.7 Å². The number of benzene rings is 1. The molecular formula is C15H17Cl2NO2S. The van der Waals surface area contributed by atoms with Crippen LogP contribution in [0.3, 0.4) is 0 Å². The van der Waals surface area contributed by atoms with Crippen LogP contribution >= 0.6 is 34.5 Å². The second kappa shape index (κ2) is 7.90. The van der Waals surface area contributed by atoms with Gasteiger partial charge in [-0.25, -0.2) is 0 Å². The van der Waals surface area contributed by atoms with Gasteiger partial charge in [0.25, 0.3) is 0 Å². The maximum Gasteiger partial charge on any atom is 0.166 e. The fourth-order valence-electron chi connectivity index (χ4n) is 1.90. The zero-order chi connectivity index (χ0) is 15.2. The summed E-state index contributed by atoms with van der Waals surface area (Å²) in [6.07, 6.45) is 0. The quantitative estimate of drug-likeness (QED) is 0.785. The summed E-state index contributed by atoms with van der Waals surface area (Å²) in [5.74, 6) is 1.35. The van der Waals surface area contributed by atoms with E-state index in [1.165, 1.54) is 11.3 Å². The van der Waals surface area contributed by atoms with E-state index in [1.807, 2.05) is 18.2 Å². The minimum absolute atomic E-state index is 0.453. The largest absolute Gasteiger partial charge is 0.493 e. The topological polar surface area (TPSA) is 30.5 Å². The van der Waals surface area contributed by atoms with Gasteiger partial charge >= 0.3 is 0 Å². The summed E-state index contributed by atoms with van der Waals surface area (Å²) < 4.78 is 12.1. The van der Waals surface area contributed by atoms with Crippen LogP contribution in [0.1, 0.15) is 17.4 Å². The lowest BCUT2D eigenvalue weighted by Crippen LogP contribution is -2.13. The van der Waals surface area contributed by atoms with E-state index in [2.05, 4.69) is 12.2 Å². The Morgan fingerprint density at radius 3 is 2.67 bits per heavy atom. The van der Waals surface area contributed by atoms with Gasteiger partial charge in [-0.15, -0.1) is 11.3 Å². The number of halogens is 2. The van der Waals surface area contributed by atoms with E-state index < -0.39 is 0 Å². The number of methoxy groups -OCH3 is 1. The molecule has 0 aliphatic carbocycles. The molecule has 0 aliphatic rings. The maximum atomic E-state index is 6.12. The Labute approximate surface area is 138 Å². The summed E-state index contributed by atoms with van der Waals surface area (Å²) in [6, 6.07) is 7.47. The second-order valence-corrected chi connectivity index (χ2v) is 6.61. The van der Waals surface area contributed by atoms with Gasteiger partial charge in [-0.3, -0.25) is 0 Å². The summed E-state index contributed by atoms with van der Waals surface area (Å²) in [5, 5.41) is 3.90. The molecular weight excluding hydrogens is 329 g/mol. The van der Waals surface area contributed by atoms with Crippen LogP contribution in [-0.2, 0) is 13.2 Å². The van der Waals surface area contributed by atoms with Gasteiger partial charge in [-0.05, 0) is 24.7 Å². The Hall–Kier alpha value is -0.940. The number of nitrogens with one attached hydrogen (secondary N) is 1. The van der Waals surface area contributed by atoms with Crippen LogP contribution in [0.25, 0.3) is 0 Å². The molecule has 0 saturated carbocycles. The van der Waals surface area contributed by atoms with Crippen molar-refractivity contribution in [2.45, 2.75) is 20.1 Å². The van der Waals surface area contributed by atoms with Crippen molar-refractivity contribution in [3.05, 3.63) is 44.1 Å². The maximum absolute atomic E-state index is 6.12. The Kier molecular flexibility index (Phi) is 6.18. The number of thiophene rings is 1. The van der Waals surface area contributed by atoms with Crippen LogP contribution in [0.15, 0.2) is 24.3 Å². The van der Waals surface area contributed by atoms with E-state index in [0.29, 0.717) is 29.7 Å². The predicted molar refractivity (Wildman–Crippen MR) is 89.0 cm³/mol. The van der Waals surface area contributed by atoms with Gasteiger partial charge in [0.05, 0.1) is 11.4 Å². The molecule has 3 nitrogen and oxygen atoms in total. The molecule has 0 atom stereocenters. The lowest BCUT2D eigenvalue weighted by molar-refractivity contribution is 0.283. The molecule has 6 heteroatoms. The van der Waals surface area contributed by atoms with Crippen molar-refractivity contribution < 1.29 is 9.47 Å². The molecule has 114 valence electrons. The summed E-state index contributed by atoms with van der Waals surface area (Å²) in [6.45, 7) is 4.05. The smallest absolute Gasteiger partial charge is 0.166 e. The van der Waals surface area contributed by atoms with Crippen LogP contribution < -0.4 is 14.8 Å². The molecule has 1 aromatic carbocycles. The highest BCUT2D eigenvalue weighted by Gasteiger charge is 2.13. The van der Waals surface area contributed by atoms with E-state index in [0.717, 1.165) is 21.3 Å². The third-order valence-corrected chi connectivity index (χ3v) is 4.29. The van der Waals surface area contributed by atoms with E-state index >= 15 is 0 Å². The molecule has 0 fully saturated rings. The average molecular weight is 346 g/mol. The van der Waals surface area contributed by atoms with Crippen LogP contribution in [0, 0.1) is 0 Å². The van der Waals surface area contributed by atoms with E-state index in [-0.39, 0.29) is 0 Å². The SMILES string of the molecule is CCNCc1cc(Cl)cc(OC)c1OCc1ccc(Cl)s1. The van der Waals surface area contributed by atoms with E-state index in [1.54, 1.807) is 13.2 Å². The van der Waals surface area contributed by atoms with Crippen LogP contribution in [-0.4, -0.2) is 13.7 Å². The van der Waals surface area contributed by atoms with Gasteiger partial charge in [0.2, 0.25) is 0 Å². The first-order valence-electron chi connectivity index (χ1n) is 6.58. The Bertz CT molecular complexity index is 601. The van der Waals surface area contributed by atoms with Crippen LogP contribution in [0.4, 0.5) is 0 Å². The molecule has 0 unspecified atom stereocenters. The Balaban J connectivity index is 2.21.